The first kappa shape index (κ1) is 11.9. The summed E-state index contributed by atoms with van der Waals surface area (Å²) in [5, 5.41) is 0. The van der Waals surface area contributed by atoms with Gasteiger partial charge in [-0.05, 0) is 0 Å². The summed E-state index contributed by atoms with van der Waals surface area (Å²) < 4.78 is 10.9. The molecule has 2 rings (SSSR count). The average molecular weight is 348 g/mol. The Morgan fingerprint density at radius 3 is 1.44 bits per heavy atom. The first-order chi connectivity index (χ1) is 7.59. The van der Waals surface area contributed by atoms with Crippen molar-refractivity contribution in [3.05, 3.63) is 33.4 Å². The van der Waals surface area contributed by atoms with Gasteiger partial charge in [-0.1, -0.05) is 0 Å². The van der Waals surface area contributed by atoms with Crippen LogP contribution in [0.4, 0.5) is 0 Å². The fourth-order valence-corrected chi connectivity index (χ4v) is 2.47. The zero-order chi connectivity index (χ0) is 11.7. The van der Waals surface area contributed by atoms with E-state index in [4.69, 9.17) is 0 Å². The molecule has 0 bridgehead atoms. The molecule has 4 nitrogen and oxygen atoms in total. The maximum atomic E-state index is 3.08. The van der Waals surface area contributed by atoms with Gasteiger partial charge in [0.1, 0.15) is 0 Å². The molecule has 0 spiro atoms. The van der Waals surface area contributed by atoms with Crippen molar-refractivity contribution in [1.82, 2.24) is 18.3 Å². The SMILES string of the molecule is Cn1ccn(CCn2ccn(C)c2=[Se])c1=[Se]. The molecule has 6 heteroatoms. The van der Waals surface area contributed by atoms with Crippen LogP contribution in [0.15, 0.2) is 24.8 Å². The van der Waals surface area contributed by atoms with Crippen molar-refractivity contribution in [3.63, 3.8) is 0 Å². The van der Waals surface area contributed by atoms with Gasteiger partial charge in [0.05, 0.1) is 0 Å². The topological polar surface area (TPSA) is 19.7 Å². The molecule has 0 N–H and O–H groups in total. The normalized spacial score (nSPS) is 10.9. The van der Waals surface area contributed by atoms with Gasteiger partial charge in [-0.3, -0.25) is 0 Å². The Morgan fingerprint density at radius 2 is 1.19 bits per heavy atom. The van der Waals surface area contributed by atoms with E-state index in [-0.39, 0.29) is 0 Å². The van der Waals surface area contributed by atoms with Gasteiger partial charge < -0.3 is 0 Å². The van der Waals surface area contributed by atoms with Crippen molar-refractivity contribution in [3.8, 4) is 0 Å². The second kappa shape index (κ2) is 4.76. The van der Waals surface area contributed by atoms with Gasteiger partial charge in [-0.15, -0.1) is 0 Å². The minimum atomic E-state index is 0.965. The van der Waals surface area contributed by atoms with Gasteiger partial charge >= 0.3 is 110 Å². The molecular formula is C10H14N4Se2. The predicted octanol–water partition coefficient (Wildman–Crippen LogP) is 0.0678. The van der Waals surface area contributed by atoms with Gasteiger partial charge in [0, 0.05) is 0 Å². The third kappa shape index (κ3) is 2.25. The Morgan fingerprint density at radius 1 is 0.812 bits per heavy atom. The molecule has 0 aliphatic rings. The van der Waals surface area contributed by atoms with Crippen LogP contribution in [-0.2, 0) is 27.2 Å². The molecule has 2 heterocycles. The van der Waals surface area contributed by atoms with Gasteiger partial charge in [-0.25, -0.2) is 0 Å². The summed E-state index contributed by atoms with van der Waals surface area (Å²) in [6, 6.07) is 0. The van der Waals surface area contributed by atoms with Crippen molar-refractivity contribution in [2.24, 2.45) is 14.1 Å². The van der Waals surface area contributed by atoms with Gasteiger partial charge in [-0.2, -0.15) is 0 Å². The molecule has 0 radical (unpaired) electrons. The van der Waals surface area contributed by atoms with E-state index >= 15 is 0 Å². The van der Waals surface area contributed by atoms with Crippen LogP contribution in [0.3, 0.4) is 0 Å². The number of nitrogens with zero attached hydrogens (tertiary/aromatic N) is 4. The van der Waals surface area contributed by atoms with Crippen molar-refractivity contribution in [2.75, 3.05) is 0 Å². The summed E-state index contributed by atoms with van der Waals surface area (Å²) in [7, 11) is 4.08. The summed E-state index contributed by atoms with van der Waals surface area (Å²) in [5.41, 5.74) is 0. The van der Waals surface area contributed by atoms with Gasteiger partial charge in [0.2, 0.25) is 0 Å². The Hall–Kier alpha value is -0.541. The van der Waals surface area contributed by atoms with Crippen LogP contribution >= 0.6 is 0 Å². The molecule has 0 saturated heterocycles. The first-order valence-corrected chi connectivity index (χ1v) is 6.74. The maximum absolute atomic E-state index is 3.08. The monoisotopic (exact) mass is 350 g/mol. The van der Waals surface area contributed by atoms with Crippen LogP contribution in [0.2, 0.25) is 0 Å². The molecule has 0 amide bonds. The second-order valence-corrected chi connectivity index (χ2v) is 5.30. The van der Waals surface area contributed by atoms with E-state index in [1.807, 2.05) is 14.1 Å². The molecule has 16 heavy (non-hydrogen) atoms. The second-order valence-electron chi connectivity index (χ2n) is 3.77. The van der Waals surface area contributed by atoms with Gasteiger partial charge in [0.15, 0.2) is 0 Å². The molecule has 86 valence electrons. The number of imidazole rings is 2. The number of aromatic nitrogens is 4. The molecular weight excluding hydrogens is 334 g/mol. The third-order valence-electron chi connectivity index (χ3n) is 2.62. The summed E-state index contributed by atoms with van der Waals surface area (Å²) in [5.74, 6) is 0. The van der Waals surface area contributed by atoms with Crippen molar-refractivity contribution in [1.29, 1.82) is 0 Å². The average Bonchev–Trinajstić information content (AvgIpc) is 2.74. The Labute approximate surface area is 110 Å². The van der Waals surface area contributed by atoms with E-state index < -0.39 is 0 Å². The molecule has 0 saturated carbocycles. The van der Waals surface area contributed by atoms with E-state index in [1.165, 1.54) is 0 Å². The van der Waals surface area contributed by atoms with Crippen LogP contribution in [0, 0.1) is 8.65 Å². The van der Waals surface area contributed by atoms with Crippen LogP contribution in [0.5, 0.6) is 0 Å². The van der Waals surface area contributed by atoms with E-state index in [2.05, 4.69) is 74.2 Å². The Kier molecular flexibility index (Phi) is 3.55. The minimum absolute atomic E-state index is 0.965. The molecule has 0 aliphatic heterocycles. The Balaban J connectivity index is 2.14. The van der Waals surface area contributed by atoms with E-state index in [1.54, 1.807) is 0 Å². The summed E-state index contributed by atoms with van der Waals surface area (Å²) >= 11 is 6.16. The molecule has 2 aromatic heterocycles. The quantitative estimate of drug-likeness (QED) is 0.700. The van der Waals surface area contributed by atoms with Crippen molar-refractivity contribution >= 4 is 31.2 Å². The summed E-state index contributed by atoms with van der Waals surface area (Å²) in [4.78, 5) is 0. The fraction of sp³-hybridized carbons (Fsp3) is 0.400. The van der Waals surface area contributed by atoms with Crippen LogP contribution in [0.25, 0.3) is 0 Å². The van der Waals surface area contributed by atoms with Gasteiger partial charge in [0.25, 0.3) is 0 Å². The van der Waals surface area contributed by atoms with E-state index in [0.717, 1.165) is 21.7 Å². The molecule has 0 atom stereocenters. The zero-order valence-electron chi connectivity index (χ0n) is 9.33. The number of hydrogen-bond acceptors (Lipinski definition) is 0. The summed E-state index contributed by atoms with van der Waals surface area (Å²) in [6.07, 6.45) is 8.30. The van der Waals surface area contributed by atoms with Crippen LogP contribution in [-0.4, -0.2) is 49.4 Å². The number of rotatable bonds is 3. The van der Waals surface area contributed by atoms with Crippen molar-refractivity contribution in [2.45, 2.75) is 13.1 Å². The van der Waals surface area contributed by atoms with Crippen LogP contribution in [0.1, 0.15) is 0 Å². The van der Waals surface area contributed by atoms with Crippen LogP contribution < -0.4 is 0 Å². The van der Waals surface area contributed by atoms with E-state index in [0.29, 0.717) is 0 Å². The number of aryl methyl sites for hydroxylation is 4. The zero-order valence-corrected chi connectivity index (χ0v) is 12.8. The predicted molar refractivity (Wildman–Crippen MR) is 64.8 cm³/mol. The standard InChI is InChI=1S/C10H14N4Se2/c1-11-3-5-13(9(11)15)7-8-14-6-4-12(2)10(14)16/h3-6H,7-8H2,1-2H3. The first-order valence-electron chi connectivity index (χ1n) is 5.03. The third-order valence-corrected chi connectivity index (χ3v) is 4.81. The summed E-state index contributed by atoms with van der Waals surface area (Å²) in [6.45, 7) is 1.93. The number of hydrogen-bond donors (Lipinski definition) is 0. The fourth-order valence-electron chi connectivity index (χ4n) is 1.58. The Bertz CT molecular complexity index is 545. The molecule has 0 unspecified atom stereocenters. The molecule has 0 fully saturated rings. The molecule has 0 aromatic carbocycles. The van der Waals surface area contributed by atoms with Crippen molar-refractivity contribution < 1.29 is 0 Å². The van der Waals surface area contributed by atoms with E-state index in [9.17, 15) is 0 Å². The molecule has 2 aromatic rings. The molecule has 0 aliphatic carbocycles.